The van der Waals surface area contributed by atoms with Crippen molar-refractivity contribution in [3.05, 3.63) is 88.2 Å². The topological polar surface area (TPSA) is 94.4 Å². The molecule has 0 fully saturated rings. The summed E-state index contributed by atoms with van der Waals surface area (Å²) in [5, 5.41) is 13.5. The van der Waals surface area contributed by atoms with Gasteiger partial charge in [-0.1, -0.05) is 12.1 Å². The highest BCUT2D eigenvalue weighted by Crippen LogP contribution is 2.27. The molecule has 130 valence electrons. The Labute approximate surface area is 149 Å². The first kappa shape index (κ1) is 17.1. The van der Waals surface area contributed by atoms with Gasteiger partial charge in [0.25, 0.3) is 11.6 Å². The molecule has 1 heterocycles. The summed E-state index contributed by atoms with van der Waals surface area (Å²) in [5.41, 5.74) is 1.63. The van der Waals surface area contributed by atoms with Crippen LogP contribution in [0.2, 0.25) is 0 Å². The number of nitro groups is 1. The van der Waals surface area contributed by atoms with E-state index in [1.165, 1.54) is 24.3 Å². The van der Waals surface area contributed by atoms with Crippen LogP contribution in [0.4, 0.5) is 11.4 Å². The van der Waals surface area contributed by atoms with Crippen molar-refractivity contribution in [1.29, 1.82) is 0 Å². The van der Waals surface area contributed by atoms with E-state index >= 15 is 0 Å². The molecule has 0 aliphatic heterocycles. The Morgan fingerprint density at radius 2 is 1.81 bits per heavy atom. The minimum atomic E-state index is -0.485. The number of aryl methyl sites for hydroxylation is 1. The fraction of sp³-hybridized carbons (Fsp3) is 0.0526. The van der Waals surface area contributed by atoms with Crippen molar-refractivity contribution in [2.45, 2.75) is 6.92 Å². The SMILES string of the molecule is Cc1ncccc1NC(=O)c1ccccc1Oc1ccc([N+](=O)[O-])cc1. The molecule has 26 heavy (non-hydrogen) atoms. The summed E-state index contributed by atoms with van der Waals surface area (Å²) in [6.45, 7) is 1.80. The van der Waals surface area contributed by atoms with Crippen molar-refractivity contribution in [2.24, 2.45) is 0 Å². The molecule has 0 spiro atoms. The first-order valence-corrected chi connectivity index (χ1v) is 7.79. The lowest BCUT2D eigenvalue weighted by Gasteiger charge is -2.12. The molecule has 7 heteroatoms. The Morgan fingerprint density at radius 1 is 1.08 bits per heavy atom. The summed E-state index contributed by atoms with van der Waals surface area (Å²) >= 11 is 0. The summed E-state index contributed by atoms with van der Waals surface area (Å²) in [6, 6.07) is 15.9. The number of aromatic nitrogens is 1. The van der Waals surface area contributed by atoms with Crippen LogP contribution in [0.15, 0.2) is 66.9 Å². The van der Waals surface area contributed by atoms with Gasteiger partial charge in [0, 0.05) is 18.3 Å². The molecule has 0 atom stereocenters. The molecule has 7 nitrogen and oxygen atoms in total. The summed E-state index contributed by atoms with van der Waals surface area (Å²) in [6.07, 6.45) is 1.65. The second-order valence-electron chi connectivity index (χ2n) is 5.44. The van der Waals surface area contributed by atoms with Crippen LogP contribution in [-0.2, 0) is 0 Å². The first-order chi connectivity index (χ1) is 12.5. The second-order valence-corrected chi connectivity index (χ2v) is 5.44. The number of benzene rings is 2. The van der Waals surface area contributed by atoms with Gasteiger partial charge >= 0.3 is 0 Å². The second kappa shape index (κ2) is 7.43. The van der Waals surface area contributed by atoms with E-state index in [0.29, 0.717) is 28.4 Å². The molecule has 3 rings (SSSR count). The zero-order chi connectivity index (χ0) is 18.5. The summed E-state index contributed by atoms with van der Waals surface area (Å²) < 4.78 is 5.73. The van der Waals surface area contributed by atoms with Crippen LogP contribution in [0.5, 0.6) is 11.5 Å². The Kier molecular flexibility index (Phi) is 4.89. The highest BCUT2D eigenvalue weighted by molar-refractivity contribution is 6.06. The fourth-order valence-corrected chi connectivity index (χ4v) is 2.31. The van der Waals surface area contributed by atoms with Gasteiger partial charge in [-0.2, -0.15) is 0 Å². The summed E-state index contributed by atoms with van der Waals surface area (Å²) in [5.74, 6) is 0.410. The quantitative estimate of drug-likeness (QED) is 0.546. The number of hydrogen-bond acceptors (Lipinski definition) is 5. The summed E-state index contributed by atoms with van der Waals surface area (Å²) in [4.78, 5) is 27.0. The number of non-ortho nitro benzene ring substituents is 1. The van der Waals surface area contributed by atoms with Crippen molar-refractivity contribution >= 4 is 17.3 Å². The van der Waals surface area contributed by atoms with Gasteiger partial charge in [0.1, 0.15) is 11.5 Å². The van der Waals surface area contributed by atoms with E-state index in [0.717, 1.165) is 0 Å². The van der Waals surface area contributed by atoms with Crippen molar-refractivity contribution in [3.63, 3.8) is 0 Å². The largest absolute Gasteiger partial charge is 0.457 e. The van der Waals surface area contributed by atoms with E-state index < -0.39 is 4.92 Å². The van der Waals surface area contributed by atoms with Crippen LogP contribution >= 0.6 is 0 Å². The van der Waals surface area contributed by atoms with E-state index in [4.69, 9.17) is 4.74 Å². The molecule has 0 radical (unpaired) electrons. The third-order valence-electron chi connectivity index (χ3n) is 3.66. The number of pyridine rings is 1. The van der Waals surface area contributed by atoms with Gasteiger partial charge in [-0.15, -0.1) is 0 Å². The lowest BCUT2D eigenvalue weighted by Crippen LogP contribution is -2.14. The zero-order valence-electron chi connectivity index (χ0n) is 13.9. The molecule has 1 aromatic heterocycles. The summed E-state index contributed by atoms with van der Waals surface area (Å²) in [7, 11) is 0. The van der Waals surface area contributed by atoms with Gasteiger partial charge < -0.3 is 10.1 Å². The number of nitro benzene ring substituents is 1. The molecule has 0 saturated heterocycles. The average molecular weight is 349 g/mol. The number of ether oxygens (including phenoxy) is 1. The maximum absolute atomic E-state index is 12.6. The predicted octanol–water partition coefficient (Wildman–Crippen LogP) is 4.34. The van der Waals surface area contributed by atoms with Crippen LogP contribution in [0.3, 0.4) is 0 Å². The highest BCUT2D eigenvalue weighted by atomic mass is 16.6. The molecule has 0 saturated carbocycles. The lowest BCUT2D eigenvalue weighted by molar-refractivity contribution is -0.384. The molecule has 0 unspecified atom stereocenters. The molecule has 0 aliphatic rings. The van der Waals surface area contributed by atoms with E-state index in [-0.39, 0.29) is 11.6 Å². The van der Waals surface area contributed by atoms with Crippen LogP contribution < -0.4 is 10.1 Å². The van der Waals surface area contributed by atoms with Crippen LogP contribution in [-0.4, -0.2) is 15.8 Å². The number of anilines is 1. The number of carbonyl (C=O) groups excluding carboxylic acids is 1. The monoisotopic (exact) mass is 349 g/mol. The Morgan fingerprint density at radius 3 is 2.50 bits per heavy atom. The predicted molar refractivity (Wildman–Crippen MR) is 96.5 cm³/mol. The van der Waals surface area contributed by atoms with Gasteiger partial charge in [0.2, 0.25) is 0 Å². The number of para-hydroxylation sites is 1. The number of hydrogen-bond donors (Lipinski definition) is 1. The van der Waals surface area contributed by atoms with Gasteiger partial charge in [-0.25, -0.2) is 0 Å². The molecule has 0 aliphatic carbocycles. The highest BCUT2D eigenvalue weighted by Gasteiger charge is 2.14. The number of nitrogens with zero attached hydrogens (tertiary/aromatic N) is 2. The number of rotatable bonds is 5. The smallest absolute Gasteiger partial charge is 0.269 e. The molecular weight excluding hydrogens is 334 g/mol. The lowest BCUT2D eigenvalue weighted by atomic mass is 10.1. The first-order valence-electron chi connectivity index (χ1n) is 7.79. The number of nitrogens with one attached hydrogen (secondary N) is 1. The normalized spacial score (nSPS) is 10.2. The van der Waals surface area contributed by atoms with Gasteiger partial charge in [0.05, 0.1) is 21.9 Å². The third-order valence-corrected chi connectivity index (χ3v) is 3.66. The van der Waals surface area contributed by atoms with Crippen molar-refractivity contribution < 1.29 is 14.5 Å². The Balaban J connectivity index is 1.82. The maximum atomic E-state index is 12.6. The molecule has 1 amide bonds. The maximum Gasteiger partial charge on any atom is 0.269 e. The van der Waals surface area contributed by atoms with E-state index in [2.05, 4.69) is 10.3 Å². The number of amides is 1. The van der Waals surface area contributed by atoms with Crippen molar-refractivity contribution in [1.82, 2.24) is 4.98 Å². The molecule has 3 aromatic rings. The van der Waals surface area contributed by atoms with Gasteiger partial charge in [0.15, 0.2) is 0 Å². The molecule has 2 aromatic carbocycles. The third kappa shape index (κ3) is 3.84. The fourth-order valence-electron chi connectivity index (χ4n) is 2.31. The van der Waals surface area contributed by atoms with Gasteiger partial charge in [-0.05, 0) is 43.3 Å². The van der Waals surface area contributed by atoms with Crippen LogP contribution in [0.1, 0.15) is 16.1 Å². The minimum absolute atomic E-state index is 0.0320. The van der Waals surface area contributed by atoms with Crippen molar-refractivity contribution in [2.75, 3.05) is 5.32 Å². The molecular formula is C19H15N3O4. The molecule has 0 bridgehead atoms. The Hall–Kier alpha value is -3.74. The number of carbonyl (C=O) groups is 1. The van der Waals surface area contributed by atoms with E-state index in [1.807, 2.05) is 0 Å². The zero-order valence-corrected chi connectivity index (χ0v) is 13.9. The standard InChI is InChI=1S/C19H15N3O4/c1-13-17(6-4-12-20-13)21-19(23)16-5-2-3-7-18(16)26-15-10-8-14(9-11-15)22(24)25/h2-12H,1H3,(H,21,23). The van der Waals surface area contributed by atoms with E-state index in [1.54, 1.807) is 49.5 Å². The average Bonchev–Trinajstić information content (AvgIpc) is 2.64. The molecule has 1 N–H and O–H groups in total. The van der Waals surface area contributed by atoms with E-state index in [9.17, 15) is 14.9 Å². The van der Waals surface area contributed by atoms with Crippen molar-refractivity contribution in [3.8, 4) is 11.5 Å². The van der Waals surface area contributed by atoms with Crippen LogP contribution in [0, 0.1) is 17.0 Å². The van der Waals surface area contributed by atoms with Crippen LogP contribution in [0.25, 0.3) is 0 Å². The minimum Gasteiger partial charge on any atom is -0.457 e. The Bertz CT molecular complexity index is 955. The van der Waals surface area contributed by atoms with Gasteiger partial charge in [-0.3, -0.25) is 19.9 Å².